The van der Waals surface area contributed by atoms with Gasteiger partial charge in [0.1, 0.15) is 0 Å². The Bertz CT molecular complexity index is 346. The van der Waals surface area contributed by atoms with E-state index in [1.54, 1.807) is 18.0 Å². The van der Waals surface area contributed by atoms with Crippen LogP contribution in [0, 0.1) is 0 Å². The Kier molecular flexibility index (Phi) is 2.48. The standard InChI is InChI=1S/C9H11ClN2O2/c1-12(6-4-11-5-6)9(13)7-2-3-14-8(7)10/h2-3,6,11H,4-5H2,1H3. The molecule has 0 spiro atoms. The number of hydrogen-bond acceptors (Lipinski definition) is 3. The molecule has 1 fully saturated rings. The molecule has 14 heavy (non-hydrogen) atoms. The lowest BCUT2D eigenvalue weighted by atomic mass is 10.1. The Morgan fingerprint density at radius 1 is 1.71 bits per heavy atom. The van der Waals surface area contributed by atoms with E-state index in [-0.39, 0.29) is 17.2 Å². The van der Waals surface area contributed by atoms with Gasteiger partial charge in [-0.1, -0.05) is 0 Å². The molecule has 1 aromatic heterocycles. The summed E-state index contributed by atoms with van der Waals surface area (Å²) in [6.07, 6.45) is 1.42. The number of nitrogens with one attached hydrogen (secondary N) is 1. The van der Waals surface area contributed by atoms with Gasteiger partial charge in [-0.2, -0.15) is 0 Å². The van der Waals surface area contributed by atoms with E-state index in [1.807, 2.05) is 0 Å². The highest BCUT2D eigenvalue weighted by Gasteiger charge is 2.27. The van der Waals surface area contributed by atoms with Gasteiger partial charge in [0.2, 0.25) is 5.22 Å². The second kappa shape index (κ2) is 3.63. The second-order valence-corrected chi connectivity index (χ2v) is 3.68. The average Bonchev–Trinajstić information content (AvgIpc) is 2.47. The lowest BCUT2D eigenvalue weighted by Crippen LogP contribution is -2.57. The van der Waals surface area contributed by atoms with Crippen molar-refractivity contribution in [2.75, 3.05) is 20.1 Å². The zero-order valence-corrected chi connectivity index (χ0v) is 8.54. The summed E-state index contributed by atoms with van der Waals surface area (Å²) in [5.41, 5.74) is 0.432. The molecule has 4 nitrogen and oxygen atoms in total. The molecule has 76 valence electrons. The van der Waals surface area contributed by atoms with Gasteiger partial charge in [-0.25, -0.2) is 0 Å². The number of carbonyl (C=O) groups excluding carboxylic acids is 1. The van der Waals surface area contributed by atoms with E-state index in [9.17, 15) is 4.79 Å². The number of hydrogen-bond donors (Lipinski definition) is 1. The summed E-state index contributed by atoms with van der Waals surface area (Å²) in [6, 6.07) is 1.86. The Balaban J connectivity index is 2.11. The highest BCUT2D eigenvalue weighted by Crippen LogP contribution is 2.19. The molecular weight excluding hydrogens is 204 g/mol. The van der Waals surface area contributed by atoms with E-state index in [0.717, 1.165) is 13.1 Å². The summed E-state index contributed by atoms with van der Waals surface area (Å²) in [6.45, 7) is 1.69. The van der Waals surface area contributed by atoms with E-state index >= 15 is 0 Å². The fraction of sp³-hybridized carbons (Fsp3) is 0.444. The van der Waals surface area contributed by atoms with Crippen molar-refractivity contribution in [1.29, 1.82) is 0 Å². The molecule has 2 heterocycles. The topological polar surface area (TPSA) is 45.5 Å². The van der Waals surface area contributed by atoms with E-state index in [0.29, 0.717) is 5.56 Å². The lowest BCUT2D eigenvalue weighted by Gasteiger charge is -2.35. The van der Waals surface area contributed by atoms with Crippen LogP contribution < -0.4 is 5.32 Å². The number of rotatable bonds is 2. The first-order valence-electron chi connectivity index (χ1n) is 4.41. The van der Waals surface area contributed by atoms with Crippen LogP contribution in [0.15, 0.2) is 16.7 Å². The van der Waals surface area contributed by atoms with Gasteiger partial charge < -0.3 is 14.6 Å². The van der Waals surface area contributed by atoms with Crippen molar-refractivity contribution in [2.24, 2.45) is 0 Å². The van der Waals surface area contributed by atoms with Crippen LogP contribution in [0.4, 0.5) is 0 Å². The highest BCUT2D eigenvalue weighted by atomic mass is 35.5. The minimum absolute atomic E-state index is 0.0877. The van der Waals surface area contributed by atoms with Gasteiger partial charge in [0.05, 0.1) is 17.9 Å². The molecule has 1 amide bonds. The van der Waals surface area contributed by atoms with Crippen molar-refractivity contribution in [3.63, 3.8) is 0 Å². The third-order valence-electron chi connectivity index (χ3n) is 2.48. The van der Waals surface area contributed by atoms with Crippen LogP contribution in [-0.4, -0.2) is 37.0 Å². The average molecular weight is 215 g/mol. The summed E-state index contributed by atoms with van der Waals surface area (Å²) in [5, 5.41) is 3.27. The molecule has 0 radical (unpaired) electrons. The first kappa shape index (κ1) is 9.55. The number of nitrogens with zero attached hydrogens (tertiary/aromatic N) is 1. The molecule has 1 aromatic rings. The lowest BCUT2D eigenvalue weighted by molar-refractivity contribution is 0.0680. The van der Waals surface area contributed by atoms with Gasteiger partial charge in [0.15, 0.2) is 0 Å². The highest BCUT2D eigenvalue weighted by molar-refractivity contribution is 6.32. The maximum Gasteiger partial charge on any atom is 0.258 e. The zero-order chi connectivity index (χ0) is 10.1. The van der Waals surface area contributed by atoms with Gasteiger partial charge in [0, 0.05) is 20.1 Å². The van der Waals surface area contributed by atoms with Gasteiger partial charge in [0.25, 0.3) is 5.91 Å². The Morgan fingerprint density at radius 2 is 2.43 bits per heavy atom. The van der Waals surface area contributed by atoms with Crippen LogP contribution >= 0.6 is 11.6 Å². The predicted octanol–water partition coefficient (Wildman–Crippen LogP) is 0.977. The van der Waals surface area contributed by atoms with Crippen LogP contribution in [-0.2, 0) is 0 Å². The summed E-state index contributed by atoms with van der Waals surface area (Å²) in [4.78, 5) is 13.5. The molecule has 0 bridgehead atoms. The summed E-state index contributed by atoms with van der Waals surface area (Å²) < 4.78 is 4.87. The molecule has 1 N–H and O–H groups in total. The molecular formula is C9H11ClN2O2. The SMILES string of the molecule is CN(C(=O)c1ccoc1Cl)C1CNC1. The monoisotopic (exact) mass is 214 g/mol. The molecule has 0 aliphatic carbocycles. The van der Waals surface area contributed by atoms with Crippen molar-refractivity contribution in [1.82, 2.24) is 10.2 Å². The van der Waals surface area contributed by atoms with Crippen LogP contribution in [0.25, 0.3) is 0 Å². The third kappa shape index (κ3) is 1.51. The smallest absolute Gasteiger partial charge is 0.258 e. The molecule has 0 aromatic carbocycles. The molecule has 1 aliphatic heterocycles. The van der Waals surface area contributed by atoms with Crippen molar-refractivity contribution >= 4 is 17.5 Å². The molecule has 1 saturated heterocycles. The van der Waals surface area contributed by atoms with Crippen molar-refractivity contribution < 1.29 is 9.21 Å². The van der Waals surface area contributed by atoms with Crippen molar-refractivity contribution in [2.45, 2.75) is 6.04 Å². The van der Waals surface area contributed by atoms with Crippen LogP contribution in [0.3, 0.4) is 0 Å². The third-order valence-corrected chi connectivity index (χ3v) is 2.77. The van der Waals surface area contributed by atoms with Gasteiger partial charge >= 0.3 is 0 Å². The first-order chi connectivity index (χ1) is 6.70. The minimum Gasteiger partial charge on any atom is -0.452 e. The Morgan fingerprint density at radius 3 is 2.86 bits per heavy atom. The van der Waals surface area contributed by atoms with E-state index in [1.165, 1.54) is 6.26 Å². The Labute approximate surface area is 86.8 Å². The maximum absolute atomic E-state index is 11.8. The van der Waals surface area contributed by atoms with E-state index in [4.69, 9.17) is 16.0 Å². The normalized spacial score (nSPS) is 16.4. The second-order valence-electron chi connectivity index (χ2n) is 3.34. The summed E-state index contributed by atoms with van der Waals surface area (Å²) >= 11 is 5.71. The van der Waals surface area contributed by atoms with Crippen molar-refractivity contribution in [3.05, 3.63) is 23.1 Å². The number of halogens is 1. The number of amides is 1. The maximum atomic E-state index is 11.8. The molecule has 0 saturated carbocycles. The van der Waals surface area contributed by atoms with Crippen LogP contribution in [0.5, 0.6) is 0 Å². The van der Waals surface area contributed by atoms with Crippen molar-refractivity contribution in [3.8, 4) is 0 Å². The minimum atomic E-state index is -0.0877. The van der Waals surface area contributed by atoms with Crippen LogP contribution in [0.2, 0.25) is 5.22 Å². The number of likely N-dealkylation sites (N-methyl/N-ethyl adjacent to an activating group) is 1. The van der Waals surface area contributed by atoms with Gasteiger partial charge in [-0.05, 0) is 17.7 Å². The van der Waals surface area contributed by atoms with E-state index in [2.05, 4.69) is 5.32 Å². The first-order valence-corrected chi connectivity index (χ1v) is 4.79. The zero-order valence-electron chi connectivity index (χ0n) is 7.79. The summed E-state index contributed by atoms with van der Waals surface area (Å²) in [7, 11) is 1.77. The summed E-state index contributed by atoms with van der Waals surface area (Å²) in [5.74, 6) is -0.0877. The van der Waals surface area contributed by atoms with E-state index < -0.39 is 0 Å². The predicted molar refractivity (Wildman–Crippen MR) is 52.5 cm³/mol. The molecule has 0 unspecified atom stereocenters. The fourth-order valence-corrected chi connectivity index (χ4v) is 1.54. The fourth-order valence-electron chi connectivity index (χ4n) is 1.35. The van der Waals surface area contributed by atoms with Gasteiger partial charge in [-0.3, -0.25) is 4.79 Å². The number of carbonyl (C=O) groups is 1. The molecule has 2 rings (SSSR count). The van der Waals surface area contributed by atoms with Gasteiger partial charge in [-0.15, -0.1) is 0 Å². The molecule has 5 heteroatoms. The largest absolute Gasteiger partial charge is 0.452 e. The Hall–Kier alpha value is -1.00. The molecule has 1 aliphatic rings. The molecule has 0 atom stereocenters. The van der Waals surface area contributed by atoms with Crippen LogP contribution in [0.1, 0.15) is 10.4 Å². The quantitative estimate of drug-likeness (QED) is 0.798. The number of furan rings is 1.